The molecule has 0 N–H and O–H groups in total. The Morgan fingerprint density at radius 1 is 0.926 bits per heavy atom. The molecule has 0 bridgehead atoms. The number of hydrogen-bond donors (Lipinski definition) is 0. The Hall–Kier alpha value is -3.29. The quantitative estimate of drug-likeness (QED) is 0.501. The van der Waals surface area contributed by atoms with Crippen molar-refractivity contribution in [3.05, 3.63) is 47.4 Å². The minimum Gasteiger partial charge on any atom is -0.493 e. The summed E-state index contributed by atoms with van der Waals surface area (Å²) in [6.07, 6.45) is 1.05. The smallest absolute Gasteiger partial charge is 0.309 e. The van der Waals surface area contributed by atoms with Gasteiger partial charge in [0.25, 0.3) is 5.78 Å². The zero-order valence-electron chi connectivity index (χ0n) is 15.4. The lowest BCUT2D eigenvalue weighted by Gasteiger charge is -2.22. The third-order valence-electron chi connectivity index (χ3n) is 3.84. The molecule has 1 aliphatic carbocycles. The Labute approximate surface area is 156 Å². The largest absolute Gasteiger partial charge is 0.493 e. The van der Waals surface area contributed by atoms with E-state index in [2.05, 4.69) is 0 Å². The zero-order chi connectivity index (χ0) is 20.0. The molecule has 1 aromatic carbocycles. The van der Waals surface area contributed by atoms with E-state index in [-0.39, 0.29) is 17.9 Å². The lowest BCUT2D eigenvalue weighted by molar-refractivity contribution is -0.143. The summed E-state index contributed by atoms with van der Waals surface area (Å²) >= 11 is 0. The number of esters is 1. The van der Waals surface area contributed by atoms with Gasteiger partial charge in [0.05, 0.1) is 34.9 Å². The number of carbonyl (C=O) groups excluding carboxylic acids is 3. The van der Waals surface area contributed by atoms with Crippen molar-refractivity contribution >= 4 is 17.5 Å². The van der Waals surface area contributed by atoms with Crippen LogP contribution in [0.4, 0.5) is 0 Å². The molecule has 0 heterocycles. The van der Waals surface area contributed by atoms with Gasteiger partial charge in [-0.25, -0.2) is 0 Å². The number of ether oxygens (including phenoxy) is 5. The van der Waals surface area contributed by atoms with Gasteiger partial charge >= 0.3 is 5.97 Å². The van der Waals surface area contributed by atoms with Gasteiger partial charge in [-0.15, -0.1) is 0 Å². The lowest BCUT2D eigenvalue weighted by Crippen LogP contribution is -2.21. The van der Waals surface area contributed by atoms with Crippen LogP contribution in [-0.4, -0.2) is 46.0 Å². The van der Waals surface area contributed by atoms with Crippen molar-refractivity contribution in [3.8, 4) is 11.5 Å². The van der Waals surface area contributed by atoms with Crippen molar-refractivity contribution in [1.82, 2.24) is 0 Å². The van der Waals surface area contributed by atoms with E-state index in [0.717, 1.165) is 12.2 Å². The molecule has 0 saturated carbocycles. The Bertz CT molecular complexity index is 806. The van der Waals surface area contributed by atoms with E-state index in [1.807, 2.05) is 0 Å². The maximum Gasteiger partial charge on any atom is 0.309 e. The molecule has 1 aromatic rings. The van der Waals surface area contributed by atoms with E-state index in [1.165, 1.54) is 28.4 Å². The van der Waals surface area contributed by atoms with Gasteiger partial charge in [0, 0.05) is 12.2 Å². The molecule has 1 atom stereocenters. The zero-order valence-corrected chi connectivity index (χ0v) is 15.4. The number of carbonyl (C=O) groups is 3. The first-order chi connectivity index (χ1) is 12.9. The number of benzene rings is 1. The maximum absolute atomic E-state index is 12.3. The molecule has 1 aliphatic rings. The third kappa shape index (κ3) is 4.66. The van der Waals surface area contributed by atoms with Gasteiger partial charge in [-0.05, 0) is 17.7 Å². The summed E-state index contributed by atoms with van der Waals surface area (Å²) in [5, 5.41) is 0. The number of hydrogen-bond acceptors (Lipinski definition) is 8. The SMILES string of the molecule is COC(=O)C[C@H](OC1=CC(=O)C=C(OC)C1=O)c1ccc(OC)c(OC)c1. The number of rotatable bonds is 8. The third-order valence-corrected chi connectivity index (χ3v) is 3.84. The molecule has 8 nitrogen and oxygen atoms in total. The molecule has 0 amide bonds. The van der Waals surface area contributed by atoms with Crippen molar-refractivity contribution in [2.75, 3.05) is 28.4 Å². The van der Waals surface area contributed by atoms with Crippen LogP contribution in [0.3, 0.4) is 0 Å². The van der Waals surface area contributed by atoms with Crippen molar-refractivity contribution in [2.24, 2.45) is 0 Å². The highest BCUT2D eigenvalue weighted by molar-refractivity contribution is 6.18. The molecule has 0 aliphatic heterocycles. The van der Waals surface area contributed by atoms with Crippen LogP contribution in [0, 0.1) is 0 Å². The molecule has 144 valence electrons. The maximum atomic E-state index is 12.3. The number of Topliss-reactive ketones (excluding diaryl/α,β-unsaturated/α-hetero) is 1. The highest BCUT2D eigenvalue weighted by atomic mass is 16.5. The average Bonchev–Trinajstić information content (AvgIpc) is 2.68. The number of ketones is 2. The summed E-state index contributed by atoms with van der Waals surface area (Å²) < 4.78 is 25.8. The molecule has 27 heavy (non-hydrogen) atoms. The fourth-order valence-corrected chi connectivity index (χ4v) is 2.46. The first kappa shape index (κ1) is 20.0. The molecule has 0 unspecified atom stereocenters. The molecule has 2 rings (SSSR count). The van der Waals surface area contributed by atoms with Crippen LogP contribution in [0.1, 0.15) is 18.1 Å². The molecule has 0 fully saturated rings. The second kappa shape index (κ2) is 8.88. The molecule has 0 radical (unpaired) electrons. The topological polar surface area (TPSA) is 97.4 Å². The molecule has 0 spiro atoms. The minimum atomic E-state index is -0.892. The predicted octanol–water partition coefficient (Wildman–Crippen LogP) is 1.89. The van der Waals surface area contributed by atoms with Gasteiger partial charge < -0.3 is 23.7 Å². The molecular weight excluding hydrogens is 356 g/mol. The predicted molar refractivity (Wildman–Crippen MR) is 93.2 cm³/mol. The van der Waals surface area contributed by atoms with Gasteiger partial charge in [-0.3, -0.25) is 14.4 Å². The van der Waals surface area contributed by atoms with Gasteiger partial charge in [-0.2, -0.15) is 0 Å². The van der Waals surface area contributed by atoms with E-state index in [4.69, 9.17) is 23.7 Å². The summed E-state index contributed by atoms with van der Waals surface area (Å²) in [6, 6.07) is 4.93. The number of allylic oxidation sites excluding steroid dienone is 2. The summed E-state index contributed by atoms with van der Waals surface area (Å²) in [6.45, 7) is 0. The Balaban J connectivity index is 2.37. The van der Waals surface area contributed by atoms with Crippen LogP contribution in [0.2, 0.25) is 0 Å². The van der Waals surface area contributed by atoms with Crippen LogP contribution >= 0.6 is 0 Å². The van der Waals surface area contributed by atoms with Gasteiger partial charge in [-0.1, -0.05) is 6.07 Å². The Kier molecular flexibility index (Phi) is 6.59. The number of methoxy groups -OCH3 is 4. The first-order valence-corrected chi connectivity index (χ1v) is 7.94. The van der Waals surface area contributed by atoms with Crippen LogP contribution in [-0.2, 0) is 28.6 Å². The second-order valence-electron chi connectivity index (χ2n) is 5.45. The van der Waals surface area contributed by atoms with E-state index in [0.29, 0.717) is 17.1 Å². The fourth-order valence-electron chi connectivity index (χ4n) is 2.46. The van der Waals surface area contributed by atoms with Crippen LogP contribution in [0.25, 0.3) is 0 Å². The molecular formula is C19H20O8. The molecule has 0 saturated heterocycles. The summed E-state index contributed by atoms with van der Waals surface area (Å²) in [5.41, 5.74) is 0.535. The molecule has 8 heteroatoms. The fraction of sp³-hybridized carbons (Fsp3) is 0.316. The van der Waals surface area contributed by atoms with Crippen molar-refractivity contribution in [3.63, 3.8) is 0 Å². The highest BCUT2D eigenvalue weighted by Crippen LogP contribution is 2.34. The van der Waals surface area contributed by atoms with Crippen LogP contribution < -0.4 is 9.47 Å². The second-order valence-corrected chi connectivity index (χ2v) is 5.45. The Morgan fingerprint density at radius 2 is 1.59 bits per heavy atom. The summed E-state index contributed by atoms with van der Waals surface area (Å²) in [7, 11) is 5.49. The summed E-state index contributed by atoms with van der Waals surface area (Å²) in [4.78, 5) is 35.9. The van der Waals surface area contributed by atoms with E-state index < -0.39 is 23.6 Å². The van der Waals surface area contributed by atoms with E-state index >= 15 is 0 Å². The van der Waals surface area contributed by atoms with Gasteiger partial charge in [0.15, 0.2) is 28.8 Å². The van der Waals surface area contributed by atoms with Crippen molar-refractivity contribution in [1.29, 1.82) is 0 Å². The monoisotopic (exact) mass is 376 g/mol. The Morgan fingerprint density at radius 3 is 2.19 bits per heavy atom. The van der Waals surface area contributed by atoms with Crippen molar-refractivity contribution < 1.29 is 38.1 Å². The standard InChI is InChI=1S/C19H20O8/c1-23-13-6-5-11(7-15(13)24-2)14(10-18(21)26-4)27-17-9-12(20)8-16(25-3)19(17)22/h5-9,14H,10H2,1-4H3/t14-/m0/s1. The average molecular weight is 376 g/mol. The van der Waals surface area contributed by atoms with Gasteiger partial charge in [0.2, 0.25) is 0 Å². The molecule has 0 aromatic heterocycles. The van der Waals surface area contributed by atoms with Gasteiger partial charge in [0.1, 0.15) is 6.10 Å². The minimum absolute atomic E-state index is 0.137. The van der Waals surface area contributed by atoms with Crippen LogP contribution in [0.15, 0.2) is 41.9 Å². The first-order valence-electron chi connectivity index (χ1n) is 7.94. The summed E-state index contributed by atoms with van der Waals surface area (Å²) in [5.74, 6) is -1.04. The van der Waals surface area contributed by atoms with E-state index in [1.54, 1.807) is 18.2 Å². The van der Waals surface area contributed by atoms with Crippen molar-refractivity contribution in [2.45, 2.75) is 12.5 Å². The normalized spacial score (nSPS) is 14.7. The van der Waals surface area contributed by atoms with Crippen LogP contribution in [0.5, 0.6) is 11.5 Å². The van der Waals surface area contributed by atoms with E-state index in [9.17, 15) is 14.4 Å². The lowest BCUT2D eigenvalue weighted by atomic mass is 10.0. The highest BCUT2D eigenvalue weighted by Gasteiger charge is 2.29.